The molecule has 0 aromatic heterocycles. The van der Waals surface area contributed by atoms with Crippen molar-refractivity contribution in [1.82, 2.24) is 0 Å². The molecule has 0 saturated heterocycles. The third-order valence-corrected chi connectivity index (χ3v) is 3.75. The molecule has 1 aromatic carbocycles. The predicted octanol–water partition coefficient (Wildman–Crippen LogP) is 4.29. The Labute approximate surface area is 116 Å². The molecule has 1 aromatic rings. The number of anilines is 1. The molecule has 2 nitrogen and oxygen atoms in total. The van der Waals surface area contributed by atoms with Crippen molar-refractivity contribution in [2.75, 3.05) is 5.32 Å². The Bertz CT molecular complexity index is 473. The molecule has 0 aliphatic heterocycles. The van der Waals surface area contributed by atoms with E-state index in [1.165, 1.54) is 0 Å². The van der Waals surface area contributed by atoms with Gasteiger partial charge in [-0.2, -0.15) is 18.4 Å². The zero-order valence-electron chi connectivity index (χ0n) is 11.1. The molecule has 2 rings (SSSR count). The smallest absolute Gasteiger partial charge is 0.382 e. The van der Waals surface area contributed by atoms with Crippen LogP contribution in [0.3, 0.4) is 0 Å². The van der Waals surface area contributed by atoms with Gasteiger partial charge in [0.1, 0.15) is 0 Å². The maximum absolute atomic E-state index is 12.7. The normalized spacial score (nSPS) is 23.1. The number of nitrogens with one attached hydrogen (secondary N) is 1. The van der Waals surface area contributed by atoms with E-state index in [0.29, 0.717) is 12.8 Å². The number of alkyl halides is 3. The van der Waals surface area contributed by atoms with Crippen LogP contribution in [0.4, 0.5) is 18.9 Å². The van der Waals surface area contributed by atoms with Gasteiger partial charge in [-0.15, -0.1) is 0 Å². The van der Waals surface area contributed by atoms with E-state index in [1.54, 1.807) is 0 Å². The van der Waals surface area contributed by atoms with Crippen molar-refractivity contribution in [3.8, 4) is 6.07 Å². The largest absolute Gasteiger partial charge is 0.391 e. The SMILES string of the molecule is N#CCc1ccc(NC2CCCC(C(F)(F)F)C2)cc1. The highest BCUT2D eigenvalue weighted by Crippen LogP contribution is 2.38. The minimum atomic E-state index is -4.09. The van der Waals surface area contributed by atoms with Crippen LogP contribution in [0, 0.1) is 17.2 Å². The summed E-state index contributed by atoms with van der Waals surface area (Å²) in [5.41, 5.74) is 1.73. The highest BCUT2D eigenvalue weighted by atomic mass is 19.4. The van der Waals surface area contributed by atoms with E-state index in [1.807, 2.05) is 24.3 Å². The van der Waals surface area contributed by atoms with Crippen molar-refractivity contribution >= 4 is 5.69 Å². The average Bonchev–Trinajstić information content (AvgIpc) is 2.41. The molecule has 0 radical (unpaired) electrons. The predicted molar refractivity (Wildman–Crippen MR) is 71.2 cm³/mol. The van der Waals surface area contributed by atoms with Crippen molar-refractivity contribution in [3.63, 3.8) is 0 Å². The highest BCUT2D eigenvalue weighted by Gasteiger charge is 2.42. The molecule has 0 heterocycles. The number of rotatable bonds is 3. The van der Waals surface area contributed by atoms with Gasteiger partial charge in [0, 0.05) is 11.7 Å². The number of hydrogen-bond acceptors (Lipinski definition) is 2. The quantitative estimate of drug-likeness (QED) is 0.898. The van der Waals surface area contributed by atoms with E-state index in [-0.39, 0.29) is 18.9 Å². The van der Waals surface area contributed by atoms with Crippen molar-refractivity contribution in [1.29, 1.82) is 5.26 Å². The van der Waals surface area contributed by atoms with E-state index >= 15 is 0 Å². The summed E-state index contributed by atoms with van der Waals surface area (Å²) in [7, 11) is 0. The van der Waals surface area contributed by atoms with Gasteiger partial charge in [0.25, 0.3) is 0 Å². The average molecular weight is 282 g/mol. The summed E-state index contributed by atoms with van der Waals surface area (Å²) in [6.07, 6.45) is -1.98. The molecule has 108 valence electrons. The van der Waals surface area contributed by atoms with E-state index in [4.69, 9.17) is 5.26 Å². The van der Waals surface area contributed by atoms with Crippen molar-refractivity contribution in [3.05, 3.63) is 29.8 Å². The third-order valence-electron chi connectivity index (χ3n) is 3.75. The monoisotopic (exact) mass is 282 g/mol. The summed E-state index contributed by atoms with van der Waals surface area (Å²) in [6, 6.07) is 9.24. The lowest BCUT2D eigenvalue weighted by atomic mass is 9.85. The van der Waals surface area contributed by atoms with Crippen LogP contribution in [0.2, 0.25) is 0 Å². The number of nitrogens with zero attached hydrogens (tertiary/aromatic N) is 1. The van der Waals surface area contributed by atoms with Crippen LogP contribution in [-0.4, -0.2) is 12.2 Å². The van der Waals surface area contributed by atoms with Crippen LogP contribution in [0.15, 0.2) is 24.3 Å². The van der Waals surface area contributed by atoms with Gasteiger partial charge < -0.3 is 5.32 Å². The summed E-state index contributed by atoms with van der Waals surface area (Å²) in [5, 5.41) is 11.8. The molecule has 20 heavy (non-hydrogen) atoms. The van der Waals surface area contributed by atoms with Gasteiger partial charge in [0.2, 0.25) is 0 Å². The first-order valence-electron chi connectivity index (χ1n) is 6.78. The summed E-state index contributed by atoms with van der Waals surface area (Å²) in [4.78, 5) is 0. The molecule has 2 unspecified atom stereocenters. The van der Waals surface area contributed by atoms with E-state index in [9.17, 15) is 13.2 Å². The summed E-state index contributed by atoms with van der Waals surface area (Å²) >= 11 is 0. The maximum Gasteiger partial charge on any atom is 0.391 e. The van der Waals surface area contributed by atoms with Crippen LogP contribution in [0.1, 0.15) is 31.2 Å². The molecule has 5 heteroatoms. The fourth-order valence-corrected chi connectivity index (χ4v) is 2.66. The highest BCUT2D eigenvalue weighted by molar-refractivity contribution is 5.45. The first-order chi connectivity index (χ1) is 9.49. The second-order valence-corrected chi connectivity index (χ2v) is 5.28. The lowest BCUT2D eigenvalue weighted by Crippen LogP contribution is -2.34. The summed E-state index contributed by atoms with van der Waals surface area (Å²) in [5.74, 6) is -1.19. The molecule has 1 saturated carbocycles. The fraction of sp³-hybridized carbons (Fsp3) is 0.533. The van der Waals surface area contributed by atoms with Crippen LogP contribution in [0.5, 0.6) is 0 Å². The number of halogens is 3. The minimum absolute atomic E-state index is 0.128. The number of nitriles is 1. The van der Waals surface area contributed by atoms with Gasteiger partial charge in [-0.25, -0.2) is 0 Å². The van der Waals surface area contributed by atoms with E-state index in [2.05, 4.69) is 11.4 Å². The lowest BCUT2D eigenvalue weighted by molar-refractivity contribution is -0.182. The second kappa shape index (κ2) is 6.17. The van der Waals surface area contributed by atoms with Crippen LogP contribution < -0.4 is 5.32 Å². The maximum atomic E-state index is 12.7. The summed E-state index contributed by atoms with van der Waals surface area (Å²) in [6.45, 7) is 0. The Morgan fingerprint density at radius 3 is 2.50 bits per heavy atom. The standard InChI is InChI=1S/C15H17F3N2/c16-15(17,18)12-2-1-3-14(10-12)20-13-6-4-11(5-7-13)8-9-19/h4-7,12,14,20H,1-3,8,10H2. The van der Waals surface area contributed by atoms with E-state index in [0.717, 1.165) is 17.7 Å². The number of benzene rings is 1. The van der Waals surface area contributed by atoms with Gasteiger partial charge in [0.15, 0.2) is 0 Å². The Hall–Kier alpha value is -1.70. The first-order valence-corrected chi connectivity index (χ1v) is 6.78. The van der Waals surface area contributed by atoms with Crippen molar-refractivity contribution in [2.45, 2.75) is 44.3 Å². The van der Waals surface area contributed by atoms with Crippen LogP contribution >= 0.6 is 0 Å². The molecule has 1 aliphatic rings. The molecular formula is C15H17F3N2. The molecule has 1 N–H and O–H groups in total. The summed E-state index contributed by atoms with van der Waals surface area (Å²) < 4.78 is 38.2. The van der Waals surface area contributed by atoms with Gasteiger partial charge in [0.05, 0.1) is 18.4 Å². The van der Waals surface area contributed by atoms with Gasteiger partial charge in [-0.3, -0.25) is 0 Å². The lowest BCUT2D eigenvalue weighted by Gasteiger charge is -2.31. The Morgan fingerprint density at radius 2 is 1.90 bits per heavy atom. The zero-order valence-corrected chi connectivity index (χ0v) is 11.1. The van der Waals surface area contributed by atoms with Crippen molar-refractivity contribution < 1.29 is 13.2 Å². The van der Waals surface area contributed by atoms with Gasteiger partial charge >= 0.3 is 6.18 Å². The van der Waals surface area contributed by atoms with Gasteiger partial charge in [-0.1, -0.05) is 18.6 Å². The van der Waals surface area contributed by atoms with Gasteiger partial charge in [-0.05, 0) is 37.0 Å². The second-order valence-electron chi connectivity index (χ2n) is 5.28. The van der Waals surface area contributed by atoms with Crippen molar-refractivity contribution in [2.24, 2.45) is 5.92 Å². The molecule has 0 amide bonds. The Balaban J connectivity index is 1.94. The molecule has 1 fully saturated rings. The van der Waals surface area contributed by atoms with E-state index < -0.39 is 12.1 Å². The molecular weight excluding hydrogens is 265 g/mol. The Kier molecular flexibility index (Phi) is 4.53. The topological polar surface area (TPSA) is 35.8 Å². The fourth-order valence-electron chi connectivity index (χ4n) is 2.66. The Morgan fingerprint density at radius 1 is 1.20 bits per heavy atom. The van der Waals surface area contributed by atoms with Crippen LogP contribution in [-0.2, 0) is 6.42 Å². The third kappa shape index (κ3) is 3.89. The first kappa shape index (κ1) is 14.7. The molecule has 1 aliphatic carbocycles. The van der Waals surface area contributed by atoms with Crippen LogP contribution in [0.25, 0.3) is 0 Å². The molecule has 0 spiro atoms. The number of hydrogen-bond donors (Lipinski definition) is 1. The molecule has 2 atom stereocenters. The zero-order chi connectivity index (χ0) is 14.6. The molecule has 0 bridgehead atoms. The minimum Gasteiger partial charge on any atom is -0.382 e.